The first-order chi connectivity index (χ1) is 15.6. The largest absolute Gasteiger partial charge is 0.497 e. The quantitative estimate of drug-likeness (QED) is 0.495. The Labute approximate surface area is 189 Å². The molecule has 2 heterocycles. The molecule has 0 aromatic heterocycles. The Morgan fingerprint density at radius 1 is 0.906 bits per heavy atom. The normalized spacial score (nSPS) is 19.2. The molecule has 0 saturated heterocycles. The van der Waals surface area contributed by atoms with Crippen molar-refractivity contribution in [2.75, 3.05) is 14.2 Å². The molecule has 3 aromatic rings. The van der Waals surface area contributed by atoms with E-state index in [0.717, 1.165) is 46.1 Å². The van der Waals surface area contributed by atoms with Crippen LogP contribution in [-0.2, 0) is 0 Å². The van der Waals surface area contributed by atoms with Gasteiger partial charge in [0.2, 0.25) is 6.23 Å². The molecule has 0 fully saturated rings. The van der Waals surface area contributed by atoms with Crippen molar-refractivity contribution in [2.45, 2.75) is 38.5 Å². The second kappa shape index (κ2) is 8.23. The Bertz CT molecular complexity index is 1140. The second-order valence-electron chi connectivity index (χ2n) is 8.57. The Morgan fingerprint density at radius 3 is 2.25 bits per heavy atom. The fraction of sp³-hybridized carbons (Fsp3) is 0.296. The fourth-order valence-electron chi connectivity index (χ4n) is 4.42. The second-order valence-corrected chi connectivity index (χ2v) is 8.57. The van der Waals surface area contributed by atoms with Gasteiger partial charge < -0.3 is 14.2 Å². The molecular formula is C27H28N2O3. The molecule has 5 rings (SSSR count). The summed E-state index contributed by atoms with van der Waals surface area (Å²) in [5.41, 5.74) is 5.65. The van der Waals surface area contributed by atoms with Crippen LogP contribution in [0.1, 0.15) is 60.7 Å². The van der Waals surface area contributed by atoms with E-state index in [1.165, 1.54) is 5.56 Å². The van der Waals surface area contributed by atoms with Crippen molar-refractivity contribution in [1.29, 1.82) is 0 Å². The molecule has 0 unspecified atom stereocenters. The van der Waals surface area contributed by atoms with Gasteiger partial charge in [-0.3, -0.25) is 0 Å². The molecule has 0 bridgehead atoms. The minimum Gasteiger partial charge on any atom is -0.497 e. The average Bonchev–Trinajstić information content (AvgIpc) is 3.29. The summed E-state index contributed by atoms with van der Waals surface area (Å²) in [5, 5.41) is 7.15. The van der Waals surface area contributed by atoms with Gasteiger partial charge in [0.05, 0.1) is 26.0 Å². The number of fused-ring (bicyclic) bond motifs is 3. The molecule has 0 N–H and O–H groups in total. The Balaban J connectivity index is 1.55. The van der Waals surface area contributed by atoms with E-state index in [-0.39, 0.29) is 12.3 Å². The maximum absolute atomic E-state index is 6.50. The molecule has 0 spiro atoms. The van der Waals surface area contributed by atoms with Gasteiger partial charge in [-0.25, -0.2) is 5.01 Å². The molecule has 2 aliphatic heterocycles. The first kappa shape index (κ1) is 20.4. The molecule has 164 valence electrons. The lowest BCUT2D eigenvalue weighted by Gasteiger charge is -2.38. The van der Waals surface area contributed by atoms with Crippen LogP contribution in [0.3, 0.4) is 0 Å². The van der Waals surface area contributed by atoms with Crippen molar-refractivity contribution in [1.82, 2.24) is 5.01 Å². The number of hydrogen-bond donors (Lipinski definition) is 0. The van der Waals surface area contributed by atoms with Gasteiger partial charge in [-0.1, -0.05) is 38.1 Å². The molecule has 2 aliphatic rings. The van der Waals surface area contributed by atoms with Crippen molar-refractivity contribution in [3.8, 4) is 17.2 Å². The van der Waals surface area contributed by atoms with Gasteiger partial charge in [0, 0.05) is 17.5 Å². The number of ether oxygens (including phenoxy) is 3. The van der Waals surface area contributed by atoms with Crippen LogP contribution in [0.15, 0.2) is 71.8 Å². The van der Waals surface area contributed by atoms with Crippen LogP contribution in [0.5, 0.6) is 17.2 Å². The zero-order valence-electron chi connectivity index (χ0n) is 18.9. The summed E-state index contributed by atoms with van der Waals surface area (Å²) in [6, 6.07) is 22.9. The predicted molar refractivity (Wildman–Crippen MR) is 126 cm³/mol. The first-order valence-electron chi connectivity index (χ1n) is 11.0. The summed E-state index contributed by atoms with van der Waals surface area (Å²) in [6.07, 6.45) is 0.522. The molecule has 0 aliphatic carbocycles. The lowest BCUT2D eigenvalue weighted by Crippen LogP contribution is -2.33. The minimum absolute atomic E-state index is 0.0840. The highest BCUT2D eigenvalue weighted by molar-refractivity contribution is 6.02. The van der Waals surface area contributed by atoms with Crippen molar-refractivity contribution >= 4 is 5.71 Å². The Morgan fingerprint density at radius 2 is 1.59 bits per heavy atom. The first-order valence-corrected chi connectivity index (χ1v) is 11.0. The molecular weight excluding hydrogens is 400 g/mol. The van der Waals surface area contributed by atoms with Crippen molar-refractivity contribution < 1.29 is 14.2 Å². The van der Waals surface area contributed by atoms with Gasteiger partial charge in [-0.05, 0) is 59.5 Å². The third-order valence-corrected chi connectivity index (χ3v) is 6.31. The van der Waals surface area contributed by atoms with E-state index in [9.17, 15) is 0 Å². The number of hydrazone groups is 1. The van der Waals surface area contributed by atoms with Gasteiger partial charge >= 0.3 is 0 Å². The molecule has 0 radical (unpaired) electrons. The van der Waals surface area contributed by atoms with Crippen LogP contribution < -0.4 is 14.2 Å². The monoisotopic (exact) mass is 428 g/mol. The van der Waals surface area contributed by atoms with E-state index in [1.54, 1.807) is 14.2 Å². The SMILES string of the molecule is COc1ccc(C2=NN3[C@@H](c4ccc(C(C)C)cc4)Oc4ccc(OC)cc4[C@@H]3C2)cc1. The predicted octanol–water partition coefficient (Wildman–Crippen LogP) is 6.07. The highest BCUT2D eigenvalue weighted by atomic mass is 16.5. The zero-order valence-corrected chi connectivity index (χ0v) is 18.9. The van der Waals surface area contributed by atoms with Crippen LogP contribution in [0, 0.1) is 0 Å². The summed E-state index contributed by atoms with van der Waals surface area (Å²) in [5.74, 6) is 3.04. The summed E-state index contributed by atoms with van der Waals surface area (Å²) in [4.78, 5) is 0. The van der Waals surface area contributed by atoms with Crippen molar-refractivity contribution in [2.24, 2.45) is 5.10 Å². The number of methoxy groups -OCH3 is 2. The van der Waals surface area contributed by atoms with E-state index in [4.69, 9.17) is 19.3 Å². The topological polar surface area (TPSA) is 43.3 Å². The number of rotatable bonds is 5. The molecule has 0 amide bonds. The smallest absolute Gasteiger partial charge is 0.213 e. The van der Waals surface area contributed by atoms with E-state index < -0.39 is 0 Å². The Kier molecular flexibility index (Phi) is 5.25. The third-order valence-electron chi connectivity index (χ3n) is 6.31. The maximum Gasteiger partial charge on any atom is 0.213 e. The van der Waals surface area contributed by atoms with Gasteiger partial charge in [-0.15, -0.1) is 0 Å². The summed E-state index contributed by atoms with van der Waals surface area (Å²) in [6.45, 7) is 4.41. The van der Waals surface area contributed by atoms with Gasteiger partial charge in [0.25, 0.3) is 0 Å². The molecule has 3 aromatic carbocycles. The van der Waals surface area contributed by atoms with Crippen LogP contribution >= 0.6 is 0 Å². The molecule has 5 heteroatoms. The zero-order chi connectivity index (χ0) is 22.2. The summed E-state index contributed by atoms with van der Waals surface area (Å²) in [7, 11) is 3.37. The maximum atomic E-state index is 6.50. The Hall–Kier alpha value is -3.47. The van der Waals surface area contributed by atoms with Crippen LogP contribution in [0.25, 0.3) is 0 Å². The standard InChI is InChI=1S/C27H28N2O3/c1-17(2)18-5-7-20(8-6-18)27-29-25(23-15-22(31-4)13-14-26(23)32-27)16-24(28-29)19-9-11-21(30-3)12-10-19/h5-15,17,25,27H,16H2,1-4H3/t25-,27+/m0/s1. The molecule has 2 atom stereocenters. The number of hydrogen-bond acceptors (Lipinski definition) is 5. The van der Waals surface area contributed by atoms with Crippen molar-refractivity contribution in [3.05, 3.63) is 89.0 Å². The number of nitrogens with zero attached hydrogens (tertiary/aromatic N) is 2. The van der Waals surface area contributed by atoms with Crippen LogP contribution in [0.2, 0.25) is 0 Å². The highest BCUT2D eigenvalue weighted by Gasteiger charge is 2.41. The average molecular weight is 429 g/mol. The van der Waals surface area contributed by atoms with Gasteiger partial charge in [0.15, 0.2) is 0 Å². The van der Waals surface area contributed by atoms with E-state index >= 15 is 0 Å². The van der Waals surface area contributed by atoms with E-state index in [2.05, 4.69) is 61.3 Å². The lowest BCUT2D eigenvalue weighted by atomic mass is 9.95. The lowest BCUT2D eigenvalue weighted by molar-refractivity contribution is -0.0191. The molecule has 32 heavy (non-hydrogen) atoms. The highest BCUT2D eigenvalue weighted by Crippen LogP contribution is 2.48. The molecule has 5 nitrogen and oxygen atoms in total. The van der Waals surface area contributed by atoms with Crippen LogP contribution in [0.4, 0.5) is 0 Å². The minimum atomic E-state index is -0.280. The molecule has 0 saturated carbocycles. The summed E-state index contributed by atoms with van der Waals surface area (Å²) >= 11 is 0. The third kappa shape index (κ3) is 3.58. The van der Waals surface area contributed by atoms with Crippen molar-refractivity contribution in [3.63, 3.8) is 0 Å². The van der Waals surface area contributed by atoms with Gasteiger partial charge in [-0.2, -0.15) is 5.10 Å². The fourth-order valence-corrected chi connectivity index (χ4v) is 4.42. The number of benzene rings is 3. The van der Waals surface area contributed by atoms with Crippen LogP contribution in [-0.4, -0.2) is 24.9 Å². The van der Waals surface area contributed by atoms with E-state index in [1.807, 2.05) is 24.3 Å². The van der Waals surface area contributed by atoms with Gasteiger partial charge in [0.1, 0.15) is 17.2 Å². The summed E-state index contributed by atoms with van der Waals surface area (Å²) < 4.78 is 17.3. The van der Waals surface area contributed by atoms with E-state index in [0.29, 0.717) is 5.92 Å².